The van der Waals surface area contributed by atoms with Crippen molar-refractivity contribution in [3.05, 3.63) is 143 Å². The molecule has 7 heteroatoms. The molecule has 2 amide bonds. The van der Waals surface area contributed by atoms with Gasteiger partial charge >= 0.3 is 5.97 Å². The minimum atomic E-state index is -1.34. The molecule has 4 aromatic carbocycles. The summed E-state index contributed by atoms with van der Waals surface area (Å²) in [5.74, 6) is -2.37. The molecular weight excluding hydrogens is 532 g/mol. The smallest absolute Gasteiger partial charge is 0.327 e. The van der Waals surface area contributed by atoms with Crippen molar-refractivity contribution < 1.29 is 19.5 Å². The first-order valence-electron chi connectivity index (χ1n) is 13.7. The number of hydrogen-bond acceptors (Lipinski definition) is 5. The summed E-state index contributed by atoms with van der Waals surface area (Å²) in [6.45, 7) is 6.39. The molecule has 1 aliphatic heterocycles. The second-order valence-corrected chi connectivity index (χ2v) is 10.7. The van der Waals surface area contributed by atoms with Gasteiger partial charge in [-0.25, -0.2) is 4.79 Å². The molecule has 0 saturated heterocycles. The first-order chi connectivity index (χ1) is 20.0. The van der Waals surface area contributed by atoms with Crippen molar-refractivity contribution in [2.24, 2.45) is 0 Å². The standard InChI is InChI=1S/C30H23NO4S.C4H11N/c32-27-24-18-10-11-19-25(24)28(33)31(27)26(29(34)35)20-36-30(21-12-4-1-5-13-21,22-14-6-2-7-15-22)23-16-8-3-9-17-23;1-3-5-4-2/h1-19,26H,20H2,(H,34,35);5H,3-4H2,1-2H3. The van der Waals surface area contributed by atoms with E-state index in [2.05, 4.69) is 19.2 Å². The maximum Gasteiger partial charge on any atom is 0.327 e. The fourth-order valence-corrected chi connectivity index (χ4v) is 6.58. The molecule has 2 N–H and O–H groups in total. The van der Waals surface area contributed by atoms with Gasteiger partial charge in [0.25, 0.3) is 11.8 Å². The summed E-state index contributed by atoms with van der Waals surface area (Å²) in [7, 11) is 0. The molecule has 210 valence electrons. The second kappa shape index (κ2) is 13.9. The van der Waals surface area contributed by atoms with Gasteiger partial charge in [-0.15, -0.1) is 11.8 Å². The summed E-state index contributed by atoms with van der Waals surface area (Å²) in [5, 5.41) is 13.3. The van der Waals surface area contributed by atoms with Crippen molar-refractivity contribution in [1.82, 2.24) is 10.2 Å². The Labute approximate surface area is 245 Å². The van der Waals surface area contributed by atoms with Gasteiger partial charge in [0, 0.05) is 5.75 Å². The molecule has 6 nitrogen and oxygen atoms in total. The molecule has 1 aliphatic rings. The maximum absolute atomic E-state index is 13.1. The summed E-state index contributed by atoms with van der Waals surface area (Å²) in [6.07, 6.45) is 0. The number of nitrogens with one attached hydrogen (secondary N) is 1. The van der Waals surface area contributed by atoms with Crippen LogP contribution >= 0.6 is 11.8 Å². The highest BCUT2D eigenvalue weighted by molar-refractivity contribution is 8.00. The summed E-state index contributed by atoms with van der Waals surface area (Å²) in [4.78, 5) is 39.6. The number of benzene rings is 4. The molecule has 0 radical (unpaired) electrons. The Morgan fingerprint density at radius 3 is 1.39 bits per heavy atom. The molecule has 41 heavy (non-hydrogen) atoms. The van der Waals surface area contributed by atoms with E-state index in [-0.39, 0.29) is 16.9 Å². The van der Waals surface area contributed by atoms with Crippen LogP contribution in [0.3, 0.4) is 0 Å². The average Bonchev–Trinajstić information content (AvgIpc) is 3.27. The van der Waals surface area contributed by atoms with E-state index in [0.29, 0.717) is 0 Å². The number of carboxylic acids is 1. The first-order valence-corrected chi connectivity index (χ1v) is 14.6. The van der Waals surface area contributed by atoms with Crippen molar-refractivity contribution >= 4 is 29.5 Å². The van der Waals surface area contributed by atoms with Gasteiger partial charge in [0.05, 0.1) is 15.9 Å². The first kappa shape index (κ1) is 29.8. The summed E-state index contributed by atoms with van der Waals surface area (Å²) in [5.41, 5.74) is 3.38. The maximum atomic E-state index is 13.1. The van der Waals surface area contributed by atoms with Gasteiger partial charge in [0.1, 0.15) is 6.04 Å². The van der Waals surface area contributed by atoms with Crippen LogP contribution < -0.4 is 5.32 Å². The van der Waals surface area contributed by atoms with Crippen LogP contribution in [0, 0.1) is 0 Å². The van der Waals surface area contributed by atoms with E-state index < -0.39 is 28.6 Å². The molecule has 0 bridgehead atoms. The molecule has 0 spiro atoms. The number of carboxylic acid groups (broad SMARTS) is 1. The van der Waals surface area contributed by atoms with Crippen LogP contribution in [-0.4, -0.2) is 52.7 Å². The van der Waals surface area contributed by atoms with E-state index in [1.807, 2.05) is 91.0 Å². The highest BCUT2D eigenvalue weighted by atomic mass is 32.2. The van der Waals surface area contributed by atoms with Gasteiger partial charge in [-0.1, -0.05) is 117 Å². The van der Waals surface area contributed by atoms with Crippen molar-refractivity contribution in [3.63, 3.8) is 0 Å². The van der Waals surface area contributed by atoms with Crippen molar-refractivity contribution in [1.29, 1.82) is 0 Å². The van der Waals surface area contributed by atoms with Crippen LogP contribution in [0.4, 0.5) is 0 Å². The van der Waals surface area contributed by atoms with Gasteiger partial charge in [-0.2, -0.15) is 0 Å². The number of thioether (sulfide) groups is 1. The second-order valence-electron chi connectivity index (χ2n) is 9.43. The van der Waals surface area contributed by atoms with E-state index in [1.54, 1.807) is 24.3 Å². The lowest BCUT2D eigenvalue weighted by molar-refractivity contribution is -0.140. The molecule has 1 unspecified atom stereocenters. The highest BCUT2D eigenvalue weighted by Gasteiger charge is 2.45. The number of imide groups is 1. The van der Waals surface area contributed by atoms with Crippen LogP contribution in [0.5, 0.6) is 0 Å². The topological polar surface area (TPSA) is 86.7 Å². The molecule has 1 atom stereocenters. The van der Waals surface area contributed by atoms with E-state index in [9.17, 15) is 19.5 Å². The molecular formula is C34H34N2O4S. The molecule has 0 fully saturated rings. The SMILES string of the molecule is CCNCC.O=C(O)C(CSC(c1ccccc1)(c1ccccc1)c1ccccc1)N1C(=O)c2ccccc2C1=O. The number of fused-ring (bicyclic) bond motifs is 1. The minimum absolute atomic E-state index is 0.000511. The molecule has 0 saturated carbocycles. The molecule has 5 rings (SSSR count). The number of carbonyl (C=O) groups excluding carboxylic acids is 2. The zero-order valence-corrected chi connectivity index (χ0v) is 24.0. The Bertz CT molecular complexity index is 1330. The van der Waals surface area contributed by atoms with Crippen molar-refractivity contribution in [3.8, 4) is 0 Å². The van der Waals surface area contributed by atoms with Gasteiger partial charge < -0.3 is 10.4 Å². The Balaban J connectivity index is 0.000000714. The lowest BCUT2D eigenvalue weighted by Gasteiger charge is -2.37. The third-order valence-electron chi connectivity index (χ3n) is 6.92. The van der Waals surface area contributed by atoms with Gasteiger partial charge in [-0.05, 0) is 41.9 Å². The van der Waals surface area contributed by atoms with Crippen LogP contribution in [0.1, 0.15) is 51.3 Å². The Morgan fingerprint density at radius 2 is 1.07 bits per heavy atom. The van der Waals surface area contributed by atoms with E-state index in [1.165, 1.54) is 11.8 Å². The third kappa shape index (κ3) is 6.26. The van der Waals surface area contributed by atoms with Crippen LogP contribution in [0.2, 0.25) is 0 Å². The Kier molecular flexibility index (Phi) is 10.1. The van der Waals surface area contributed by atoms with Crippen LogP contribution in [0.25, 0.3) is 0 Å². The zero-order valence-electron chi connectivity index (χ0n) is 23.2. The lowest BCUT2D eigenvalue weighted by Crippen LogP contribution is -2.47. The Hall–Kier alpha value is -4.20. The predicted molar refractivity (Wildman–Crippen MR) is 164 cm³/mol. The minimum Gasteiger partial charge on any atom is -0.480 e. The van der Waals surface area contributed by atoms with E-state index in [0.717, 1.165) is 34.7 Å². The fraction of sp³-hybridized carbons (Fsp3) is 0.206. The van der Waals surface area contributed by atoms with E-state index >= 15 is 0 Å². The normalized spacial score (nSPS) is 13.3. The summed E-state index contributed by atoms with van der Waals surface area (Å²) >= 11 is 1.41. The van der Waals surface area contributed by atoms with Crippen molar-refractivity contribution in [2.45, 2.75) is 24.6 Å². The molecule has 0 aliphatic carbocycles. The van der Waals surface area contributed by atoms with Gasteiger partial charge in [0.2, 0.25) is 0 Å². The van der Waals surface area contributed by atoms with Crippen LogP contribution in [0.15, 0.2) is 115 Å². The quantitative estimate of drug-likeness (QED) is 0.179. The van der Waals surface area contributed by atoms with Crippen molar-refractivity contribution in [2.75, 3.05) is 18.8 Å². The number of aliphatic carboxylic acids is 1. The van der Waals surface area contributed by atoms with Gasteiger partial charge in [0.15, 0.2) is 0 Å². The largest absolute Gasteiger partial charge is 0.480 e. The number of hydrogen-bond donors (Lipinski definition) is 2. The number of carbonyl (C=O) groups is 3. The fourth-order valence-electron chi connectivity index (χ4n) is 4.97. The number of amides is 2. The number of rotatable bonds is 10. The third-order valence-corrected chi connectivity index (χ3v) is 8.54. The van der Waals surface area contributed by atoms with Crippen LogP contribution in [-0.2, 0) is 9.54 Å². The molecule has 0 aromatic heterocycles. The number of nitrogens with zero attached hydrogens (tertiary/aromatic N) is 1. The average molecular weight is 567 g/mol. The van der Waals surface area contributed by atoms with Gasteiger partial charge in [-0.3, -0.25) is 14.5 Å². The molecule has 4 aromatic rings. The molecule has 1 heterocycles. The zero-order chi connectivity index (χ0) is 29.2. The predicted octanol–water partition coefficient (Wildman–Crippen LogP) is 6.08. The van der Waals surface area contributed by atoms with E-state index in [4.69, 9.17) is 0 Å². The summed E-state index contributed by atoms with van der Waals surface area (Å²) < 4.78 is -0.768. The highest BCUT2D eigenvalue weighted by Crippen LogP contribution is 2.49. The Morgan fingerprint density at radius 1 is 0.707 bits per heavy atom. The monoisotopic (exact) mass is 566 g/mol. The lowest BCUT2D eigenvalue weighted by atomic mass is 9.84. The summed E-state index contributed by atoms with van der Waals surface area (Å²) in [6, 6.07) is 34.8.